The SMILES string of the molecule is Cc1ccc(NC(=O)C2CCCC2O)cc1OCC(F)F. The minimum atomic E-state index is -2.55. The van der Waals surface area contributed by atoms with Gasteiger partial charge in [-0.1, -0.05) is 6.07 Å². The van der Waals surface area contributed by atoms with Crippen LogP contribution in [-0.4, -0.2) is 30.2 Å². The largest absolute Gasteiger partial charge is 0.487 e. The third kappa shape index (κ3) is 4.14. The minimum absolute atomic E-state index is 0.247. The summed E-state index contributed by atoms with van der Waals surface area (Å²) in [6, 6.07) is 4.90. The molecule has 0 saturated heterocycles. The zero-order valence-electron chi connectivity index (χ0n) is 11.8. The Morgan fingerprint density at radius 2 is 2.24 bits per heavy atom. The van der Waals surface area contributed by atoms with E-state index in [4.69, 9.17) is 4.74 Å². The molecule has 1 amide bonds. The van der Waals surface area contributed by atoms with E-state index in [1.54, 1.807) is 19.1 Å². The molecule has 2 N–H and O–H groups in total. The maximum absolute atomic E-state index is 12.2. The fraction of sp³-hybridized carbons (Fsp3) is 0.533. The van der Waals surface area contributed by atoms with Crippen LogP contribution in [0.15, 0.2) is 18.2 Å². The highest BCUT2D eigenvalue weighted by Gasteiger charge is 2.31. The van der Waals surface area contributed by atoms with Crippen molar-refractivity contribution in [1.82, 2.24) is 0 Å². The van der Waals surface area contributed by atoms with Gasteiger partial charge in [-0.15, -0.1) is 0 Å². The molecule has 0 aromatic heterocycles. The Hall–Kier alpha value is -1.69. The van der Waals surface area contributed by atoms with Crippen molar-refractivity contribution in [1.29, 1.82) is 0 Å². The van der Waals surface area contributed by atoms with E-state index in [0.29, 0.717) is 24.3 Å². The van der Waals surface area contributed by atoms with Crippen LogP contribution in [0.5, 0.6) is 5.75 Å². The van der Waals surface area contributed by atoms with E-state index in [1.165, 1.54) is 6.07 Å². The molecule has 21 heavy (non-hydrogen) atoms. The fourth-order valence-corrected chi connectivity index (χ4v) is 2.47. The summed E-state index contributed by atoms with van der Waals surface area (Å²) in [5, 5.41) is 12.4. The molecule has 0 bridgehead atoms. The Labute approximate surface area is 122 Å². The molecule has 2 unspecified atom stereocenters. The number of rotatable bonds is 5. The third-order valence-electron chi connectivity index (χ3n) is 3.64. The van der Waals surface area contributed by atoms with Gasteiger partial charge in [0.15, 0.2) is 0 Å². The monoisotopic (exact) mass is 299 g/mol. The van der Waals surface area contributed by atoms with E-state index in [-0.39, 0.29) is 5.91 Å². The van der Waals surface area contributed by atoms with Crippen molar-refractivity contribution >= 4 is 11.6 Å². The Balaban J connectivity index is 2.03. The van der Waals surface area contributed by atoms with Crippen LogP contribution in [0.3, 0.4) is 0 Å². The number of hydrogen-bond donors (Lipinski definition) is 2. The molecule has 1 aliphatic rings. The summed E-state index contributed by atoms with van der Waals surface area (Å²) in [5.41, 5.74) is 1.20. The lowest BCUT2D eigenvalue weighted by Crippen LogP contribution is -2.28. The Morgan fingerprint density at radius 1 is 1.48 bits per heavy atom. The molecule has 1 fully saturated rings. The number of carbonyl (C=O) groups is 1. The van der Waals surface area contributed by atoms with Gasteiger partial charge in [0, 0.05) is 11.8 Å². The van der Waals surface area contributed by atoms with E-state index in [9.17, 15) is 18.7 Å². The van der Waals surface area contributed by atoms with Crippen LogP contribution < -0.4 is 10.1 Å². The smallest absolute Gasteiger partial charge is 0.272 e. The number of nitrogens with one attached hydrogen (secondary N) is 1. The lowest BCUT2D eigenvalue weighted by atomic mass is 10.1. The van der Waals surface area contributed by atoms with Crippen LogP contribution in [-0.2, 0) is 4.79 Å². The standard InChI is InChI=1S/C15H19F2NO3/c1-9-5-6-10(7-13(9)21-8-14(16)17)18-15(20)11-3-2-4-12(11)19/h5-7,11-12,14,19H,2-4,8H2,1H3,(H,18,20). The van der Waals surface area contributed by atoms with Crippen LogP contribution in [0.1, 0.15) is 24.8 Å². The molecule has 4 nitrogen and oxygen atoms in total. The Kier molecular flexibility index (Phi) is 5.12. The van der Waals surface area contributed by atoms with Gasteiger partial charge in [0.25, 0.3) is 6.43 Å². The molecule has 6 heteroatoms. The van der Waals surface area contributed by atoms with E-state index in [0.717, 1.165) is 12.0 Å². The van der Waals surface area contributed by atoms with Gasteiger partial charge in [-0.25, -0.2) is 8.78 Å². The van der Waals surface area contributed by atoms with Gasteiger partial charge in [0.1, 0.15) is 12.4 Å². The molecule has 1 aliphatic carbocycles. The van der Waals surface area contributed by atoms with Gasteiger partial charge in [0.2, 0.25) is 5.91 Å². The van der Waals surface area contributed by atoms with Crippen LogP contribution in [0.2, 0.25) is 0 Å². The molecule has 0 radical (unpaired) electrons. The number of benzene rings is 1. The fourth-order valence-electron chi connectivity index (χ4n) is 2.47. The van der Waals surface area contributed by atoms with Gasteiger partial charge in [-0.2, -0.15) is 0 Å². The summed E-state index contributed by atoms with van der Waals surface area (Å²) in [6.07, 6.45) is -1.03. The average Bonchev–Trinajstić information content (AvgIpc) is 2.85. The molecular weight excluding hydrogens is 280 g/mol. The second-order valence-electron chi connectivity index (χ2n) is 5.28. The number of anilines is 1. The normalized spacial score (nSPS) is 21.6. The van der Waals surface area contributed by atoms with E-state index in [2.05, 4.69) is 5.32 Å². The van der Waals surface area contributed by atoms with Crippen LogP contribution >= 0.6 is 0 Å². The lowest BCUT2D eigenvalue weighted by Gasteiger charge is -2.16. The van der Waals surface area contributed by atoms with E-state index < -0.39 is 25.1 Å². The average molecular weight is 299 g/mol. The zero-order chi connectivity index (χ0) is 15.4. The summed E-state index contributed by atoms with van der Waals surface area (Å²) in [6.45, 7) is 1.06. The Bertz CT molecular complexity index is 508. The van der Waals surface area contributed by atoms with Crippen molar-refractivity contribution in [2.45, 2.75) is 38.7 Å². The van der Waals surface area contributed by atoms with Crippen molar-refractivity contribution in [3.05, 3.63) is 23.8 Å². The third-order valence-corrected chi connectivity index (χ3v) is 3.64. The van der Waals surface area contributed by atoms with Gasteiger partial charge in [-0.3, -0.25) is 4.79 Å². The van der Waals surface area contributed by atoms with Crippen LogP contribution in [0.4, 0.5) is 14.5 Å². The maximum Gasteiger partial charge on any atom is 0.272 e. The first-order valence-corrected chi connectivity index (χ1v) is 6.98. The second kappa shape index (κ2) is 6.85. The topological polar surface area (TPSA) is 58.6 Å². The first-order valence-electron chi connectivity index (χ1n) is 6.98. The highest BCUT2D eigenvalue weighted by atomic mass is 19.3. The number of alkyl halides is 2. The number of halogens is 2. The predicted octanol–water partition coefficient (Wildman–Crippen LogP) is 2.74. The van der Waals surface area contributed by atoms with E-state index >= 15 is 0 Å². The molecule has 1 aromatic carbocycles. The number of carbonyl (C=O) groups excluding carboxylic acids is 1. The minimum Gasteiger partial charge on any atom is -0.487 e. The number of amides is 1. The molecule has 0 heterocycles. The molecule has 2 atom stereocenters. The van der Waals surface area contributed by atoms with Gasteiger partial charge < -0.3 is 15.2 Å². The summed E-state index contributed by atoms with van der Waals surface area (Å²) in [7, 11) is 0. The van der Waals surface area contributed by atoms with Gasteiger partial charge >= 0.3 is 0 Å². The number of ether oxygens (including phenoxy) is 1. The summed E-state index contributed by atoms with van der Waals surface area (Å²) in [4.78, 5) is 12.1. The number of aliphatic hydroxyl groups is 1. The molecule has 0 aliphatic heterocycles. The number of aliphatic hydroxyl groups excluding tert-OH is 1. The molecule has 116 valence electrons. The highest BCUT2D eigenvalue weighted by Crippen LogP contribution is 2.28. The summed E-state index contributed by atoms with van der Waals surface area (Å²) >= 11 is 0. The number of hydrogen-bond acceptors (Lipinski definition) is 3. The molecule has 2 rings (SSSR count). The molecular formula is C15H19F2NO3. The van der Waals surface area contributed by atoms with Crippen molar-refractivity contribution in [2.24, 2.45) is 5.92 Å². The first kappa shape index (κ1) is 15.7. The van der Waals surface area contributed by atoms with Crippen molar-refractivity contribution < 1.29 is 23.4 Å². The summed E-state index contributed by atoms with van der Waals surface area (Å²) < 4.78 is 29.4. The summed E-state index contributed by atoms with van der Waals surface area (Å²) in [5.74, 6) is -0.333. The van der Waals surface area contributed by atoms with Crippen LogP contribution in [0, 0.1) is 12.8 Å². The first-order chi connectivity index (χ1) is 9.97. The van der Waals surface area contributed by atoms with Crippen molar-refractivity contribution in [3.8, 4) is 5.75 Å². The zero-order valence-corrected chi connectivity index (χ0v) is 11.8. The predicted molar refractivity (Wildman–Crippen MR) is 74.7 cm³/mol. The lowest BCUT2D eigenvalue weighted by molar-refractivity contribution is -0.122. The van der Waals surface area contributed by atoms with E-state index in [1.807, 2.05) is 0 Å². The maximum atomic E-state index is 12.2. The highest BCUT2D eigenvalue weighted by molar-refractivity contribution is 5.93. The van der Waals surface area contributed by atoms with Gasteiger partial charge in [-0.05, 0) is 37.8 Å². The molecule has 1 aromatic rings. The number of aryl methyl sites for hydroxylation is 1. The second-order valence-corrected chi connectivity index (χ2v) is 5.28. The Morgan fingerprint density at radius 3 is 2.86 bits per heavy atom. The molecule has 0 spiro atoms. The van der Waals surface area contributed by atoms with Crippen LogP contribution in [0.25, 0.3) is 0 Å². The quantitative estimate of drug-likeness (QED) is 0.879. The van der Waals surface area contributed by atoms with Gasteiger partial charge in [0.05, 0.1) is 12.0 Å². The molecule has 1 saturated carbocycles. The van der Waals surface area contributed by atoms with Crippen molar-refractivity contribution in [3.63, 3.8) is 0 Å². The van der Waals surface area contributed by atoms with Crippen molar-refractivity contribution in [2.75, 3.05) is 11.9 Å².